The lowest BCUT2D eigenvalue weighted by Crippen LogP contribution is -2.29. The summed E-state index contributed by atoms with van der Waals surface area (Å²) in [5.74, 6) is 0. The van der Waals surface area contributed by atoms with Crippen molar-refractivity contribution >= 4 is 21.6 Å². The standard InChI is InChI=1S/C13H20BrN5/c1-10(4-5-18(2)3)15-6-11-7-17-13-8-16-12(14)9-19(11)13/h7-10,15H,4-6H2,1-3H3. The Hall–Kier alpha value is -0.980. The topological polar surface area (TPSA) is 45.5 Å². The maximum Gasteiger partial charge on any atom is 0.155 e. The van der Waals surface area contributed by atoms with E-state index in [-0.39, 0.29) is 0 Å². The first-order valence-corrected chi connectivity index (χ1v) is 7.21. The van der Waals surface area contributed by atoms with Crippen LogP contribution in [0, 0.1) is 0 Å². The van der Waals surface area contributed by atoms with Gasteiger partial charge in [0, 0.05) is 18.8 Å². The van der Waals surface area contributed by atoms with Crippen molar-refractivity contribution in [1.82, 2.24) is 24.6 Å². The van der Waals surface area contributed by atoms with Gasteiger partial charge in [-0.25, -0.2) is 9.97 Å². The fourth-order valence-electron chi connectivity index (χ4n) is 1.88. The van der Waals surface area contributed by atoms with Gasteiger partial charge in [0.05, 0.1) is 18.1 Å². The number of nitrogens with one attached hydrogen (secondary N) is 1. The highest BCUT2D eigenvalue weighted by atomic mass is 79.9. The highest BCUT2D eigenvalue weighted by molar-refractivity contribution is 9.10. The zero-order valence-corrected chi connectivity index (χ0v) is 13.2. The van der Waals surface area contributed by atoms with E-state index in [1.807, 2.05) is 12.4 Å². The third-order valence-corrected chi connectivity index (χ3v) is 3.49. The SMILES string of the molecule is CC(CCN(C)C)NCc1cnc2cnc(Br)cn12. The van der Waals surface area contributed by atoms with E-state index in [1.165, 1.54) is 0 Å². The van der Waals surface area contributed by atoms with Crippen LogP contribution in [0.25, 0.3) is 5.65 Å². The Kier molecular flexibility index (Phi) is 4.90. The van der Waals surface area contributed by atoms with Crippen LogP contribution >= 0.6 is 15.9 Å². The molecule has 5 nitrogen and oxygen atoms in total. The number of rotatable bonds is 6. The molecule has 0 saturated carbocycles. The molecule has 104 valence electrons. The number of nitrogens with zero attached hydrogens (tertiary/aromatic N) is 4. The average Bonchev–Trinajstić information content (AvgIpc) is 2.76. The summed E-state index contributed by atoms with van der Waals surface area (Å²) in [5.41, 5.74) is 2.02. The largest absolute Gasteiger partial charge is 0.309 e. The molecule has 0 saturated heterocycles. The Morgan fingerprint density at radius 2 is 2.16 bits per heavy atom. The lowest BCUT2D eigenvalue weighted by Gasteiger charge is -2.16. The third kappa shape index (κ3) is 3.99. The number of hydrogen-bond donors (Lipinski definition) is 1. The van der Waals surface area contributed by atoms with E-state index in [0.717, 1.165) is 35.5 Å². The van der Waals surface area contributed by atoms with Crippen molar-refractivity contribution in [3.63, 3.8) is 0 Å². The van der Waals surface area contributed by atoms with Gasteiger partial charge in [-0.15, -0.1) is 0 Å². The lowest BCUT2D eigenvalue weighted by atomic mass is 10.2. The molecule has 2 aromatic heterocycles. The van der Waals surface area contributed by atoms with Crippen LogP contribution in [0.3, 0.4) is 0 Å². The number of aromatic nitrogens is 3. The maximum absolute atomic E-state index is 4.34. The summed E-state index contributed by atoms with van der Waals surface area (Å²) >= 11 is 3.39. The molecule has 0 aliphatic carbocycles. The third-order valence-electron chi connectivity index (χ3n) is 3.08. The van der Waals surface area contributed by atoms with Crippen molar-refractivity contribution in [2.24, 2.45) is 0 Å². The second-order valence-corrected chi connectivity index (χ2v) is 5.87. The van der Waals surface area contributed by atoms with E-state index in [9.17, 15) is 0 Å². The first-order valence-electron chi connectivity index (χ1n) is 6.42. The van der Waals surface area contributed by atoms with Crippen molar-refractivity contribution in [3.05, 3.63) is 28.9 Å². The highest BCUT2D eigenvalue weighted by Gasteiger charge is 2.07. The summed E-state index contributed by atoms with van der Waals surface area (Å²) in [6.07, 6.45) is 6.75. The van der Waals surface area contributed by atoms with Gasteiger partial charge in [-0.05, 0) is 49.9 Å². The van der Waals surface area contributed by atoms with Gasteiger partial charge >= 0.3 is 0 Å². The predicted molar refractivity (Wildman–Crippen MR) is 80.2 cm³/mol. The van der Waals surface area contributed by atoms with Gasteiger partial charge < -0.3 is 10.2 Å². The van der Waals surface area contributed by atoms with Gasteiger partial charge in [0.1, 0.15) is 4.60 Å². The molecule has 19 heavy (non-hydrogen) atoms. The fourth-order valence-corrected chi connectivity index (χ4v) is 2.19. The molecule has 0 aliphatic heterocycles. The number of imidazole rings is 1. The van der Waals surface area contributed by atoms with Gasteiger partial charge in [-0.3, -0.25) is 4.40 Å². The second kappa shape index (κ2) is 6.45. The predicted octanol–water partition coefficient (Wildman–Crippen LogP) is 1.92. The number of hydrogen-bond acceptors (Lipinski definition) is 4. The van der Waals surface area contributed by atoms with E-state index in [2.05, 4.69) is 61.5 Å². The summed E-state index contributed by atoms with van der Waals surface area (Å²) in [5, 5.41) is 3.53. The van der Waals surface area contributed by atoms with Crippen LogP contribution < -0.4 is 5.32 Å². The quantitative estimate of drug-likeness (QED) is 0.881. The minimum atomic E-state index is 0.484. The Labute approximate surface area is 122 Å². The minimum absolute atomic E-state index is 0.484. The fraction of sp³-hybridized carbons (Fsp3) is 0.538. The molecule has 0 amide bonds. The summed E-state index contributed by atoms with van der Waals surface area (Å²) in [4.78, 5) is 10.7. The maximum atomic E-state index is 4.34. The van der Waals surface area contributed by atoms with Crippen molar-refractivity contribution in [1.29, 1.82) is 0 Å². The van der Waals surface area contributed by atoms with E-state index < -0.39 is 0 Å². The van der Waals surface area contributed by atoms with E-state index >= 15 is 0 Å². The molecule has 2 heterocycles. The van der Waals surface area contributed by atoms with Gasteiger partial charge in [0.15, 0.2) is 5.65 Å². The highest BCUT2D eigenvalue weighted by Crippen LogP contribution is 2.10. The molecule has 1 unspecified atom stereocenters. The van der Waals surface area contributed by atoms with E-state index in [4.69, 9.17) is 0 Å². The summed E-state index contributed by atoms with van der Waals surface area (Å²) in [6.45, 7) is 4.12. The Morgan fingerprint density at radius 1 is 1.37 bits per heavy atom. The zero-order valence-electron chi connectivity index (χ0n) is 11.6. The van der Waals surface area contributed by atoms with Crippen molar-refractivity contribution < 1.29 is 0 Å². The molecule has 1 atom stereocenters. The molecule has 6 heteroatoms. The van der Waals surface area contributed by atoms with E-state index in [1.54, 1.807) is 6.20 Å². The first-order chi connectivity index (χ1) is 9.06. The van der Waals surface area contributed by atoms with Gasteiger partial charge in [-0.2, -0.15) is 0 Å². The molecular formula is C13H20BrN5. The van der Waals surface area contributed by atoms with Gasteiger partial charge in [-0.1, -0.05) is 0 Å². The second-order valence-electron chi connectivity index (χ2n) is 5.06. The van der Waals surface area contributed by atoms with Crippen molar-refractivity contribution in [2.45, 2.75) is 25.9 Å². The monoisotopic (exact) mass is 325 g/mol. The smallest absolute Gasteiger partial charge is 0.155 e. The van der Waals surface area contributed by atoms with Gasteiger partial charge in [0.25, 0.3) is 0 Å². The molecule has 0 spiro atoms. The summed E-state index contributed by atoms with van der Waals surface area (Å²) < 4.78 is 2.88. The van der Waals surface area contributed by atoms with Gasteiger partial charge in [0.2, 0.25) is 0 Å². The Balaban J connectivity index is 1.96. The summed E-state index contributed by atoms with van der Waals surface area (Å²) in [6, 6.07) is 0.484. The first kappa shape index (κ1) is 14.4. The molecule has 2 rings (SSSR count). The molecule has 0 fully saturated rings. The normalized spacial score (nSPS) is 13.3. The number of halogens is 1. The Bertz CT molecular complexity index is 537. The minimum Gasteiger partial charge on any atom is -0.309 e. The van der Waals surface area contributed by atoms with Crippen LogP contribution in [0.2, 0.25) is 0 Å². The number of fused-ring (bicyclic) bond motifs is 1. The molecule has 1 N–H and O–H groups in total. The van der Waals surface area contributed by atoms with Crippen LogP contribution in [0.15, 0.2) is 23.2 Å². The van der Waals surface area contributed by atoms with Crippen LogP contribution in [-0.2, 0) is 6.54 Å². The summed E-state index contributed by atoms with van der Waals surface area (Å²) in [7, 11) is 4.20. The average molecular weight is 326 g/mol. The van der Waals surface area contributed by atoms with Crippen molar-refractivity contribution in [3.8, 4) is 0 Å². The Morgan fingerprint density at radius 3 is 2.89 bits per heavy atom. The molecule has 0 aromatic carbocycles. The van der Waals surface area contributed by atoms with E-state index in [0.29, 0.717) is 6.04 Å². The van der Waals surface area contributed by atoms with Crippen LogP contribution in [0.5, 0.6) is 0 Å². The molecule has 0 aliphatic rings. The lowest BCUT2D eigenvalue weighted by molar-refractivity contribution is 0.365. The molecule has 0 radical (unpaired) electrons. The molecule has 2 aromatic rings. The van der Waals surface area contributed by atoms with Crippen molar-refractivity contribution in [2.75, 3.05) is 20.6 Å². The molecule has 0 bridgehead atoms. The van der Waals surface area contributed by atoms with Crippen LogP contribution in [0.4, 0.5) is 0 Å². The van der Waals surface area contributed by atoms with Crippen LogP contribution in [0.1, 0.15) is 19.0 Å². The van der Waals surface area contributed by atoms with Crippen LogP contribution in [-0.4, -0.2) is 46.0 Å². The molecular weight excluding hydrogens is 306 g/mol. The zero-order chi connectivity index (χ0) is 13.8.